The Morgan fingerprint density at radius 1 is 1.05 bits per heavy atom. The largest absolute Gasteiger partial charge is 0.304 e. The summed E-state index contributed by atoms with van der Waals surface area (Å²) in [7, 11) is 0. The second-order valence-electron chi connectivity index (χ2n) is 7.42. The van der Waals surface area contributed by atoms with Crippen molar-refractivity contribution in [2.45, 2.75) is 57.5 Å². The van der Waals surface area contributed by atoms with E-state index in [0.717, 1.165) is 36.1 Å². The van der Waals surface area contributed by atoms with Gasteiger partial charge in [0.1, 0.15) is 0 Å². The van der Waals surface area contributed by atoms with Crippen molar-refractivity contribution >= 4 is 11.3 Å². The lowest BCUT2D eigenvalue weighted by atomic mass is 9.52. The van der Waals surface area contributed by atoms with Gasteiger partial charge in [-0.3, -0.25) is 0 Å². The van der Waals surface area contributed by atoms with Crippen molar-refractivity contribution in [2.75, 3.05) is 0 Å². The fourth-order valence-corrected chi connectivity index (χ4v) is 7.06. The fraction of sp³-hybridized carbons (Fsp3) is 0.812. The van der Waals surface area contributed by atoms with Crippen LogP contribution < -0.4 is 5.32 Å². The Hall–Kier alpha value is -0.410. The quantitative estimate of drug-likeness (QED) is 0.841. The molecule has 0 spiro atoms. The van der Waals surface area contributed by atoms with Crippen LogP contribution in [0.3, 0.4) is 0 Å². The van der Waals surface area contributed by atoms with Crippen LogP contribution in [-0.4, -0.2) is 4.98 Å². The summed E-state index contributed by atoms with van der Waals surface area (Å²) in [6, 6.07) is 0.540. The summed E-state index contributed by atoms with van der Waals surface area (Å²) in [5.74, 6) is 4.93. The maximum Gasteiger partial charge on any atom is 0.0968 e. The Kier molecular flexibility index (Phi) is 2.27. The van der Waals surface area contributed by atoms with Crippen LogP contribution in [0.4, 0.5) is 0 Å². The summed E-state index contributed by atoms with van der Waals surface area (Å²) in [6.45, 7) is 3.28. The molecule has 6 rings (SSSR count). The second-order valence-corrected chi connectivity index (χ2v) is 8.48. The number of hydrogen-bond acceptors (Lipinski definition) is 3. The van der Waals surface area contributed by atoms with Gasteiger partial charge in [-0.1, -0.05) is 0 Å². The molecule has 3 heteroatoms. The topological polar surface area (TPSA) is 24.9 Å². The van der Waals surface area contributed by atoms with Gasteiger partial charge < -0.3 is 5.32 Å². The molecule has 1 aromatic heterocycles. The molecule has 4 fully saturated rings. The highest BCUT2D eigenvalue weighted by Crippen LogP contribution is 2.60. The molecular weight excluding hydrogens is 252 g/mol. The lowest BCUT2D eigenvalue weighted by Gasteiger charge is -2.53. The molecule has 4 bridgehead atoms. The van der Waals surface area contributed by atoms with Crippen molar-refractivity contribution in [2.24, 2.45) is 23.7 Å². The maximum absolute atomic E-state index is 5.04. The minimum Gasteiger partial charge on any atom is -0.304 e. The molecule has 102 valence electrons. The summed E-state index contributed by atoms with van der Waals surface area (Å²) < 4.78 is 0. The monoisotopic (exact) mass is 274 g/mol. The molecule has 0 radical (unpaired) electrons. The molecular formula is C16H22N2S. The smallest absolute Gasteiger partial charge is 0.0968 e. The van der Waals surface area contributed by atoms with Crippen LogP contribution >= 0.6 is 11.3 Å². The van der Waals surface area contributed by atoms with E-state index in [4.69, 9.17) is 4.98 Å². The molecule has 1 atom stereocenters. The summed E-state index contributed by atoms with van der Waals surface area (Å²) in [5.41, 5.74) is 1.36. The first kappa shape index (κ1) is 11.3. The summed E-state index contributed by atoms with van der Waals surface area (Å²) in [4.78, 5) is 6.57. The third-order valence-electron chi connectivity index (χ3n) is 6.22. The van der Waals surface area contributed by atoms with Gasteiger partial charge in [-0.05, 0) is 62.7 Å². The molecule has 1 aromatic rings. The van der Waals surface area contributed by atoms with E-state index < -0.39 is 0 Å². The molecule has 1 unspecified atom stereocenters. The van der Waals surface area contributed by atoms with Crippen LogP contribution in [-0.2, 0) is 6.54 Å². The van der Waals surface area contributed by atoms with Crippen LogP contribution in [0.1, 0.15) is 66.6 Å². The highest BCUT2D eigenvalue weighted by atomic mass is 32.1. The first-order chi connectivity index (χ1) is 9.28. The van der Waals surface area contributed by atoms with E-state index in [1.807, 2.05) is 11.3 Å². The Balaban J connectivity index is 1.51. The van der Waals surface area contributed by atoms with E-state index in [9.17, 15) is 0 Å². The molecule has 1 N–H and O–H groups in total. The van der Waals surface area contributed by atoms with Gasteiger partial charge in [0.25, 0.3) is 0 Å². The van der Waals surface area contributed by atoms with Gasteiger partial charge in [0.05, 0.1) is 10.7 Å². The molecule has 4 saturated carbocycles. The number of hydrogen-bond donors (Lipinski definition) is 1. The standard InChI is InChI=1S/C16H22N2S/c1-8-15-13(7-17-8)18-16(19-15)14-11-3-9-2-10(5-11)6-12(14)4-9/h8-12,14,17H,2-7H2,1H3. The molecule has 2 nitrogen and oxygen atoms in total. The number of rotatable bonds is 1. The minimum atomic E-state index is 0.540. The van der Waals surface area contributed by atoms with Crippen molar-refractivity contribution in [3.8, 4) is 0 Å². The molecule has 1 aliphatic heterocycles. The Labute approximate surface area is 119 Å². The lowest BCUT2D eigenvalue weighted by molar-refractivity contribution is -0.00288. The zero-order valence-corrected chi connectivity index (χ0v) is 12.4. The number of nitrogens with one attached hydrogen (secondary N) is 1. The van der Waals surface area contributed by atoms with E-state index in [0.29, 0.717) is 6.04 Å². The highest BCUT2D eigenvalue weighted by molar-refractivity contribution is 7.12. The second kappa shape index (κ2) is 3.82. The van der Waals surface area contributed by atoms with Crippen molar-refractivity contribution in [3.63, 3.8) is 0 Å². The molecule has 0 saturated heterocycles. The van der Waals surface area contributed by atoms with Crippen LogP contribution in [0.25, 0.3) is 0 Å². The van der Waals surface area contributed by atoms with Crippen molar-refractivity contribution < 1.29 is 0 Å². The molecule has 19 heavy (non-hydrogen) atoms. The van der Waals surface area contributed by atoms with Crippen LogP contribution in [0.2, 0.25) is 0 Å². The van der Waals surface area contributed by atoms with Crippen LogP contribution in [0.15, 0.2) is 0 Å². The van der Waals surface area contributed by atoms with Gasteiger partial charge in [0, 0.05) is 23.4 Å². The van der Waals surface area contributed by atoms with E-state index in [1.165, 1.54) is 41.3 Å². The first-order valence-corrected chi connectivity index (χ1v) is 8.82. The first-order valence-electron chi connectivity index (χ1n) is 8.01. The average Bonchev–Trinajstić information content (AvgIpc) is 2.91. The third kappa shape index (κ3) is 1.55. The average molecular weight is 274 g/mol. The van der Waals surface area contributed by atoms with Gasteiger partial charge in [-0.2, -0.15) is 0 Å². The SMILES string of the molecule is CC1NCc2nc(C3C4CC5CC(C4)CC3C5)sc21. The summed E-state index contributed by atoms with van der Waals surface area (Å²) >= 11 is 2.04. The fourth-order valence-electron chi connectivity index (χ4n) is 5.66. The van der Waals surface area contributed by atoms with Crippen molar-refractivity contribution in [3.05, 3.63) is 15.6 Å². The summed E-state index contributed by atoms with van der Waals surface area (Å²) in [5, 5.41) is 5.01. The van der Waals surface area contributed by atoms with Gasteiger partial charge in [-0.25, -0.2) is 4.98 Å². The van der Waals surface area contributed by atoms with Crippen molar-refractivity contribution in [1.29, 1.82) is 0 Å². The Bertz CT molecular complexity index is 493. The third-order valence-corrected chi connectivity index (χ3v) is 7.61. The molecule has 2 heterocycles. The minimum absolute atomic E-state index is 0.540. The Morgan fingerprint density at radius 3 is 2.37 bits per heavy atom. The van der Waals surface area contributed by atoms with Crippen LogP contribution in [0, 0.1) is 23.7 Å². The predicted molar refractivity (Wildman–Crippen MR) is 77.2 cm³/mol. The van der Waals surface area contributed by atoms with Gasteiger partial charge >= 0.3 is 0 Å². The number of nitrogens with zero attached hydrogens (tertiary/aromatic N) is 1. The summed E-state index contributed by atoms with van der Waals surface area (Å²) in [6.07, 6.45) is 7.59. The maximum atomic E-state index is 5.04. The van der Waals surface area contributed by atoms with Gasteiger partial charge in [-0.15, -0.1) is 11.3 Å². The molecule has 0 aromatic carbocycles. The van der Waals surface area contributed by atoms with E-state index in [2.05, 4.69) is 12.2 Å². The normalized spacial score (nSPS) is 46.8. The molecule has 0 amide bonds. The van der Waals surface area contributed by atoms with Gasteiger partial charge in [0.2, 0.25) is 0 Å². The Morgan fingerprint density at radius 2 is 1.74 bits per heavy atom. The lowest BCUT2D eigenvalue weighted by Crippen LogP contribution is -2.43. The number of aromatic nitrogens is 1. The van der Waals surface area contributed by atoms with Crippen LogP contribution in [0.5, 0.6) is 0 Å². The number of thiazole rings is 1. The molecule has 5 aliphatic rings. The van der Waals surface area contributed by atoms with Gasteiger partial charge in [0.15, 0.2) is 0 Å². The van der Waals surface area contributed by atoms with Crippen molar-refractivity contribution in [1.82, 2.24) is 10.3 Å². The van der Waals surface area contributed by atoms with E-state index in [-0.39, 0.29) is 0 Å². The highest BCUT2D eigenvalue weighted by Gasteiger charge is 2.49. The number of fused-ring (bicyclic) bond motifs is 1. The zero-order valence-electron chi connectivity index (χ0n) is 11.6. The molecule has 4 aliphatic carbocycles. The zero-order chi connectivity index (χ0) is 12.6. The van der Waals surface area contributed by atoms with E-state index in [1.54, 1.807) is 6.42 Å². The van der Waals surface area contributed by atoms with E-state index >= 15 is 0 Å². The predicted octanol–water partition coefficient (Wildman–Crippen LogP) is 3.85.